The van der Waals surface area contributed by atoms with Gasteiger partial charge in [-0.2, -0.15) is 5.48 Å². The molecule has 0 fully saturated rings. The fourth-order valence-corrected chi connectivity index (χ4v) is 3.66. The van der Waals surface area contributed by atoms with Crippen LogP contribution < -0.4 is 10.2 Å². The lowest BCUT2D eigenvalue weighted by Crippen LogP contribution is -2.27. The summed E-state index contributed by atoms with van der Waals surface area (Å²) in [5.41, 5.74) is 5.53. The van der Waals surface area contributed by atoms with Crippen LogP contribution >= 0.6 is 0 Å². The number of hydrogen-bond donors (Lipinski definition) is 1. The second-order valence-corrected chi connectivity index (χ2v) is 7.04. The number of halogens is 1. The van der Waals surface area contributed by atoms with E-state index in [-0.39, 0.29) is 19.1 Å². The Morgan fingerprint density at radius 1 is 1.13 bits per heavy atom. The summed E-state index contributed by atoms with van der Waals surface area (Å²) in [5.74, 6) is 0.340. The third-order valence-corrected chi connectivity index (χ3v) is 5.16. The molecule has 1 atom stereocenters. The summed E-state index contributed by atoms with van der Waals surface area (Å²) in [6, 6.07) is 14.9. The number of rotatable bonds is 6. The Morgan fingerprint density at radius 2 is 1.97 bits per heavy atom. The van der Waals surface area contributed by atoms with Gasteiger partial charge in [0.25, 0.3) is 0 Å². The Bertz CT molecular complexity index is 1150. The maximum Gasteiger partial charge on any atom is 0.320 e. The van der Waals surface area contributed by atoms with Gasteiger partial charge in [-0.25, -0.2) is 9.38 Å². The van der Waals surface area contributed by atoms with Crippen LogP contribution in [0.5, 0.6) is 5.75 Å². The van der Waals surface area contributed by atoms with Crippen molar-refractivity contribution >= 4 is 12.5 Å². The molecule has 31 heavy (non-hydrogen) atoms. The quantitative estimate of drug-likeness (QED) is 0.485. The highest BCUT2D eigenvalue weighted by Gasteiger charge is 2.41. The number of hydrogen-bond acceptors (Lipinski definition) is 7. The van der Waals surface area contributed by atoms with Crippen LogP contribution in [-0.2, 0) is 19.9 Å². The molecule has 0 aliphatic carbocycles. The van der Waals surface area contributed by atoms with Crippen LogP contribution in [0.2, 0.25) is 0 Å². The van der Waals surface area contributed by atoms with E-state index in [2.05, 4.69) is 15.3 Å². The summed E-state index contributed by atoms with van der Waals surface area (Å²) in [5, 5.41) is 0. The van der Waals surface area contributed by atoms with Crippen LogP contribution in [0.3, 0.4) is 0 Å². The number of aromatic nitrogens is 1. The highest BCUT2D eigenvalue weighted by molar-refractivity contribution is 5.77. The van der Waals surface area contributed by atoms with Gasteiger partial charge in [0, 0.05) is 11.8 Å². The zero-order valence-corrected chi connectivity index (χ0v) is 17.0. The summed E-state index contributed by atoms with van der Waals surface area (Å²) in [6.07, 6.45) is 2.76. The number of pyridine rings is 1. The van der Waals surface area contributed by atoms with Gasteiger partial charge in [-0.3, -0.25) is 9.78 Å². The van der Waals surface area contributed by atoms with E-state index in [9.17, 15) is 9.18 Å². The standard InChI is InChI=1S/C23H20FN3O4/c1-15-8-19(6-7-21(15)29-2)23(13-30-22(26-23)27-31-14-28)18-5-3-4-16(9-18)17-10-20(24)12-25-11-17/h3-12,14H,13H2,1-2H3,(H,26,27). The van der Waals surface area contributed by atoms with Crippen molar-refractivity contribution in [3.63, 3.8) is 0 Å². The Balaban J connectivity index is 1.84. The first-order valence-electron chi connectivity index (χ1n) is 9.50. The molecule has 1 aliphatic heterocycles. The van der Waals surface area contributed by atoms with Crippen LogP contribution in [0.15, 0.2) is 65.9 Å². The molecule has 0 bridgehead atoms. The summed E-state index contributed by atoms with van der Waals surface area (Å²) in [7, 11) is 1.61. The number of carbonyl (C=O) groups is 1. The van der Waals surface area contributed by atoms with E-state index in [1.54, 1.807) is 13.3 Å². The van der Waals surface area contributed by atoms with E-state index in [1.807, 2.05) is 49.4 Å². The minimum absolute atomic E-state index is 0.0818. The van der Waals surface area contributed by atoms with Gasteiger partial charge in [0.15, 0.2) is 5.54 Å². The number of benzene rings is 2. The molecule has 3 aromatic rings. The average Bonchev–Trinajstić information content (AvgIpc) is 3.23. The maximum absolute atomic E-state index is 13.7. The van der Waals surface area contributed by atoms with Crippen LogP contribution in [-0.4, -0.2) is 31.2 Å². The van der Waals surface area contributed by atoms with Gasteiger partial charge in [0.2, 0.25) is 0 Å². The first-order valence-corrected chi connectivity index (χ1v) is 9.50. The normalized spacial score (nSPS) is 17.5. The zero-order chi connectivity index (χ0) is 21.8. The lowest BCUT2D eigenvalue weighted by molar-refractivity contribution is -0.132. The molecule has 1 N–H and O–H groups in total. The molecule has 0 saturated heterocycles. The molecule has 7 nitrogen and oxygen atoms in total. The van der Waals surface area contributed by atoms with Crippen molar-refractivity contribution in [2.75, 3.05) is 13.7 Å². The number of carbonyl (C=O) groups excluding carboxylic acids is 1. The molecule has 4 rings (SSSR count). The van der Waals surface area contributed by atoms with Crippen LogP contribution in [0.4, 0.5) is 4.39 Å². The molecule has 2 heterocycles. The summed E-state index contributed by atoms with van der Waals surface area (Å²) in [4.78, 5) is 23.8. The van der Waals surface area contributed by atoms with E-state index < -0.39 is 11.4 Å². The van der Waals surface area contributed by atoms with Gasteiger partial charge in [0.1, 0.15) is 18.2 Å². The Labute approximate surface area is 178 Å². The summed E-state index contributed by atoms with van der Waals surface area (Å²) < 4.78 is 24.8. The topological polar surface area (TPSA) is 82.0 Å². The number of aliphatic imine (C=N–C) groups is 1. The first-order chi connectivity index (χ1) is 15.1. The van der Waals surface area contributed by atoms with Crippen LogP contribution in [0.25, 0.3) is 11.1 Å². The second-order valence-electron chi connectivity index (χ2n) is 7.04. The number of nitrogens with one attached hydrogen (secondary N) is 1. The Kier molecular flexibility index (Phi) is 5.53. The van der Waals surface area contributed by atoms with E-state index >= 15 is 0 Å². The smallest absolute Gasteiger partial charge is 0.320 e. The molecule has 0 radical (unpaired) electrons. The third kappa shape index (κ3) is 3.92. The van der Waals surface area contributed by atoms with Gasteiger partial charge in [-0.05, 0) is 53.4 Å². The largest absolute Gasteiger partial charge is 0.496 e. The Hall–Kier alpha value is -3.94. The zero-order valence-electron chi connectivity index (χ0n) is 17.0. The van der Waals surface area contributed by atoms with Gasteiger partial charge in [0.05, 0.1) is 13.3 Å². The summed E-state index contributed by atoms with van der Waals surface area (Å²) in [6.45, 7) is 2.37. The third-order valence-electron chi connectivity index (χ3n) is 5.16. The number of amidine groups is 1. The Morgan fingerprint density at radius 3 is 2.71 bits per heavy atom. The average molecular weight is 421 g/mol. The fraction of sp³-hybridized carbons (Fsp3) is 0.174. The van der Waals surface area contributed by atoms with Crippen molar-refractivity contribution < 1.29 is 23.5 Å². The van der Waals surface area contributed by atoms with Crippen molar-refractivity contribution in [1.82, 2.24) is 10.5 Å². The number of hydroxylamine groups is 1. The molecule has 0 spiro atoms. The fourth-order valence-electron chi connectivity index (χ4n) is 3.66. The van der Waals surface area contributed by atoms with Crippen molar-refractivity contribution in [1.29, 1.82) is 0 Å². The first kappa shape index (κ1) is 20.3. The van der Waals surface area contributed by atoms with Gasteiger partial charge >= 0.3 is 12.5 Å². The lowest BCUT2D eigenvalue weighted by atomic mass is 9.82. The van der Waals surface area contributed by atoms with Gasteiger partial charge in [-0.15, -0.1) is 0 Å². The molecule has 1 aromatic heterocycles. The lowest BCUT2D eigenvalue weighted by Gasteiger charge is -2.26. The van der Waals surface area contributed by atoms with E-state index in [1.165, 1.54) is 6.07 Å². The SMILES string of the molecule is COc1ccc(C2(c3cccc(-c4cncc(F)c4)c3)COC(NOC=O)=N2)cc1C. The van der Waals surface area contributed by atoms with Crippen molar-refractivity contribution in [2.45, 2.75) is 12.5 Å². The number of ether oxygens (including phenoxy) is 2. The van der Waals surface area contributed by atoms with E-state index in [0.717, 1.165) is 34.2 Å². The number of aryl methyl sites for hydroxylation is 1. The molecule has 0 saturated carbocycles. The molecule has 1 aliphatic rings. The monoisotopic (exact) mass is 421 g/mol. The van der Waals surface area contributed by atoms with Gasteiger partial charge < -0.3 is 14.3 Å². The molecule has 158 valence electrons. The molecule has 0 amide bonds. The summed E-state index contributed by atoms with van der Waals surface area (Å²) >= 11 is 0. The predicted octanol–water partition coefficient (Wildman–Crippen LogP) is 3.51. The number of nitrogens with zero attached hydrogens (tertiary/aromatic N) is 2. The van der Waals surface area contributed by atoms with Crippen LogP contribution in [0, 0.1) is 12.7 Å². The van der Waals surface area contributed by atoms with E-state index in [0.29, 0.717) is 5.56 Å². The second kappa shape index (κ2) is 8.43. The molecular weight excluding hydrogens is 401 g/mol. The maximum atomic E-state index is 13.7. The minimum Gasteiger partial charge on any atom is -0.496 e. The highest BCUT2D eigenvalue weighted by atomic mass is 19.1. The van der Waals surface area contributed by atoms with Crippen LogP contribution in [0.1, 0.15) is 16.7 Å². The molecular formula is C23H20FN3O4. The minimum atomic E-state index is -0.914. The molecule has 2 aromatic carbocycles. The van der Waals surface area contributed by atoms with Crippen molar-refractivity contribution in [3.05, 3.63) is 83.4 Å². The van der Waals surface area contributed by atoms with Crippen molar-refractivity contribution in [2.24, 2.45) is 4.99 Å². The van der Waals surface area contributed by atoms with Gasteiger partial charge in [-0.1, -0.05) is 24.3 Å². The van der Waals surface area contributed by atoms with E-state index in [4.69, 9.17) is 14.5 Å². The number of methoxy groups -OCH3 is 1. The molecule has 1 unspecified atom stereocenters. The van der Waals surface area contributed by atoms with Crippen molar-refractivity contribution in [3.8, 4) is 16.9 Å². The predicted molar refractivity (Wildman–Crippen MR) is 112 cm³/mol. The molecule has 8 heteroatoms. The highest BCUT2D eigenvalue weighted by Crippen LogP contribution is 2.40.